The Hall–Kier alpha value is -1.89. The van der Waals surface area contributed by atoms with E-state index in [0.29, 0.717) is 44.3 Å². The minimum atomic E-state index is -0.161. The van der Waals surface area contributed by atoms with Gasteiger partial charge in [-0.25, -0.2) is 0 Å². The van der Waals surface area contributed by atoms with Crippen LogP contribution in [0.3, 0.4) is 0 Å². The zero-order valence-electron chi connectivity index (χ0n) is 15.0. The summed E-state index contributed by atoms with van der Waals surface area (Å²) in [6, 6.07) is 1.70. The Labute approximate surface area is 143 Å². The van der Waals surface area contributed by atoms with Crippen LogP contribution in [0.2, 0.25) is 0 Å². The molecule has 1 saturated heterocycles. The van der Waals surface area contributed by atoms with Crippen molar-refractivity contribution in [2.24, 2.45) is 5.92 Å². The Bertz CT molecular complexity index is 582. The number of nitrogens with one attached hydrogen (secondary N) is 1. The molecular weight excluding hydrogens is 308 g/mol. The van der Waals surface area contributed by atoms with Crippen LogP contribution in [0, 0.1) is 5.92 Å². The van der Waals surface area contributed by atoms with Gasteiger partial charge in [-0.3, -0.25) is 14.3 Å². The quantitative estimate of drug-likeness (QED) is 0.771. The molecule has 134 valence electrons. The minimum Gasteiger partial charge on any atom is -0.383 e. The number of nitrogens with zero attached hydrogens (tertiary/aromatic N) is 3. The van der Waals surface area contributed by atoms with E-state index in [1.807, 2.05) is 13.0 Å². The molecule has 1 N–H and O–H groups in total. The first-order valence-electron chi connectivity index (χ1n) is 8.58. The topological polar surface area (TPSA) is 76.5 Å². The van der Waals surface area contributed by atoms with Crippen LogP contribution >= 0.6 is 0 Å². The molecular formula is C17H28N4O3. The van der Waals surface area contributed by atoms with E-state index in [9.17, 15) is 9.59 Å². The molecule has 2 amide bonds. The van der Waals surface area contributed by atoms with E-state index in [0.717, 1.165) is 12.1 Å². The zero-order chi connectivity index (χ0) is 17.7. The molecule has 1 atom stereocenters. The van der Waals surface area contributed by atoms with Crippen LogP contribution in [0.15, 0.2) is 6.07 Å². The molecule has 1 aromatic rings. The Kier molecular flexibility index (Phi) is 6.36. The van der Waals surface area contributed by atoms with Gasteiger partial charge in [-0.2, -0.15) is 5.10 Å². The van der Waals surface area contributed by atoms with Crippen LogP contribution in [0.4, 0.5) is 0 Å². The van der Waals surface area contributed by atoms with Gasteiger partial charge >= 0.3 is 0 Å². The van der Waals surface area contributed by atoms with E-state index in [4.69, 9.17) is 4.74 Å². The third-order valence-corrected chi connectivity index (χ3v) is 4.10. The lowest BCUT2D eigenvalue weighted by Crippen LogP contribution is -2.38. The lowest BCUT2D eigenvalue weighted by atomic mass is 10.1. The Balaban J connectivity index is 1.99. The molecule has 0 aliphatic carbocycles. The van der Waals surface area contributed by atoms with Gasteiger partial charge in [-0.15, -0.1) is 0 Å². The lowest BCUT2D eigenvalue weighted by molar-refractivity contribution is -0.128. The molecule has 7 nitrogen and oxygen atoms in total. The Morgan fingerprint density at radius 2 is 2.25 bits per heavy atom. The second-order valence-corrected chi connectivity index (χ2v) is 6.64. The van der Waals surface area contributed by atoms with Crippen molar-refractivity contribution in [3.63, 3.8) is 0 Å². The largest absolute Gasteiger partial charge is 0.383 e. The number of ether oxygens (including phenoxy) is 1. The van der Waals surface area contributed by atoms with Gasteiger partial charge in [0.25, 0.3) is 5.91 Å². The van der Waals surface area contributed by atoms with E-state index in [2.05, 4.69) is 24.3 Å². The summed E-state index contributed by atoms with van der Waals surface area (Å²) in [6.45, 7) is 8.47. The van der Waals surface area contributed by atoms with E-state index < -0.39 is 0 Å². The van der Waals surface area contributed by atoms with Crippen molar-refractivity contribution >= 4 is 11.8 Å². The number of hydrogen-bond acceptors (Lipinski definition) is 4. The van der Waals surface area contributed by atoms with Gasteiger partial charge in [0.05, 0.1) is 18.3 Å². The van der Waals surface area contributed by atoms with Crippen molar-refractivity contribution in [1.29, 1.82) is 0 Å². The molecule has 0 radical (unpaired) electrons. The fourth-order valence-corrected chi connectivity index (χ4v) is 2.96. The monoisotopic (exact) mass is 336 g/mol. The highest BCUT2D eigenvalue weighted by Gasteiger charge is 2.31. The minimum absolute atomic E-state index is 0.0573. The third-order valence-electron chi connectivity index (χ3n) is 4.10. The average Bonchev–Trinajstić information content (AvgIpc) is 3.07. The molecule has 1 unspecified atom stereocenters. The highest BCUT2D eigenvalue weighted by atomic mass is 16.5. The molecule has 1 fully saturated rings. The number of carbonyl (C=O) groups is 2. The smallest absolute Gasteiger partial charge is 0.269 e. The summed E-state index contributed by atoms with van der Waals surface area (Å²) in [6.07, 6.45) is 1.19. The number of likely N-dealkylation sites (tertiary alicyclic amines) is 1. The summed E-state index contributed by atoms with van der Waals surface area (Å²) in [5.74, 6) is 0.385. The number of hydrogen-bond donors (Lipinski definition) is 1. The fraction of sp³-hybridized carbons (Fsp3) is 0.706. The standard InChI is InChI=1S/C17H28N4O3/c1-5-21-15(9-13(19-21)8-12(2)3)17(23)18-14-10-16(22)20(11-14)6-7-24-4/h9,12,14H,5-8,10-11H2,1-4H3,(H,18,23). The van der Waals surface area contributed by atoms with Gasteiger partial charge in [-0.05, 0) is 25.3 Å². The molecule has 2 rings (SSSR count). The van der Waals surface area contributed by atoms with Crippen LogP contribution in [-0.2, 0) is 22.5 Å². The first-order chi connectivity index (χ1) is 11.4. The molecule has 24 heavy (non-hydrogen) atoms. The summed E-state index contributed by atoms with van der Waals surface area (Å²) in [5.41, 5.74) is 1.50. The van der Waals surface area contributed by atoms with E-state index in [1.165, 1.54) is 0 Å². The van der Waals surface area contributed by atoms with Crippen molar-refractivity contribution in [1.82, 2.24) is 20.0 Å². The number of carbonyl (C=O) groups excluding carboxylic acids is 2. The molecule has 2 heterocycles. The van der Waals surface area contributed by atoms with E-state index in [1.54, 1.807) is 16.7 Å². The summed E-state index contributed by atoms with van der Waals surface area (Å²) >= 11 is 0. The summed E-state index contributed by atoms with van der Waals surface area (Å²) in [4.78, 5) is 26.3. The number of rotatable bonds is 8. The predicted molar refractivity (Wildman–Crippen MR) is 90.8 cm³/mol. The zero-order valence-corrected chi connectivity index (χ0v) is 15.0. The normalized spacial score (nSPS) is 17.8. The molecule has 0 aromatic carbocycles. The molecule has 0 spiro atoms. The average molecular weight is 336 g/mol. The molecule has 1 aliphatic rings. The van der Waals surface area contributed by atoms with Crippen LogP contribution in [0.5, 0.6) is 0 Å². The Morgan fingerprint density at radius 3 is 2.88 bits per heavy atom. The maximum atomic E-state index is 12.6. The third kappa shape index (κ3) is 4.56. The molecule has 0 bridgehead atoms. The van der Waals surface area contributed by atoms with Crippen LogP contribution in [0.25, 0.3) is 0 Å². The van der Waals surface area contributed by atoms with Crippen molar-refractivity contribution in [2.45, 2.75) is 46.2 Å². The molecule has 7 heteroatoms. The van der Waals surface area contributed by atoms with Crippen molar-refractivity contribution in [3.05, 3.63) is 17.5 Å². The van der Waals surface area contributed by atoms with Crippen LogP contribution in [0.1, 0.15) is 43.4 Å². The second kappa shape index (κ2) is 8.28. The number of methoxy groups -OCH3 is 1. The van der Waals surface area contributed by atoms with Crippen molar-refractivity contribution in [2.75, 3.05) is 26.8 Å². The molecule has 1 aromatic heterocycles. The van der Waals surface area contributed by atoms with Gasteiger partial charge in [0.15, 0.2) is 0 Å². The van der Waals surface area contributed by atoms with E-state index in [-0.39, 0.29) is 17.9 Å². The SMILES string of the molecule is CCn1nc(CC(C)C)cc1C(=O)NC1CC(=O)N(CCOC)C1. The van der Waals surface area contributed by atoms with Gasteiger partial charge < -0.3 is 15.0 Å². The van der Waals surface area contributed by atoms with Gasteiger partial charge in [0.2, 0.25) is 5.91 Å². The van der Waals surface area contributed by atoms with Gasteiger partial charge in [0.1, 0.15) is 5.69 Å². The number of aromatic nitrogens is 2. The van der Waals surface area contributed by atoms with Crippen LogP contribution < -0.4 is 5.32 Å². The second-order valence-electron chi connectivity index (χ2n) is 6.64. The maximum absolute atomic E-state index is 12.6. The van der Waals surface area contributed by atoms with Crippen LogP contribution in [-0.4, -0.2) is 59.3 Å². The highest BCUT2D eigenvalue weighted by Crippen LogP contribution is 2.14. The first-order valence-corrected chi connectivity index (χ1v) is 8.58. The van der Waals surface area contributed by atoms with Crippen molar-refractivity contribution < 1.29 is 14.3 Å². The summed E-state index contributed by atoms with van der Waals surface area (Å²) in [5, 5.41) is 7.47. The van der Waals surface area contributed by atoms with E-state index >= 15 is 0 Å². The van der Waals surface area contributed by atoms with Gasteiger partial charge in [0, 0.05) is 33.2 Å². The summed E-state index contributed by atoms with van der Waals surface area (Å²) in [7, 11) is 1.61. The summed E-state index contributed by atoms with van der Waals surface area (Å²) < 4.78 is 6.74. The van der Waals surface area contributed by atoms with Crippen molar-refractivity contribution in [3.8, 4) is 0 Å². The fourth-order valence-electron chi connectivity index (χ4n) is 2.96. The van der Waals surface area contributed by atoms with Gasteiger partial charge in [-0.1, -0.05) is 13.8 Å². The lowest BCUT2D eigenvalue weighted by Gasteiger charge is -2.16. The molecule has 1 aliphatic heterocycles. The first kappa shape index (κ1) is 18.4. The maximum Gasteiger partial charge on any atom is 0.269 e. The number of amides is 2. The predicted octanol–water partition coefficient (Wildman–Crippen LogP) is 1.08. The Morgan fingerprint density at radius 1 is 1.50 bits per heavy atom. The highest BCUT2D eigenvalue weighted by molar-refractivity contribution is 5.93. The number of aryl methyl sites for hydroxylation is 1. The molecule has 0 saturated carbocycles.